The molecule has 0 saturated carbocycles. The molecule has 196 valence electrons. The van der Waals surface area contributed by atoms with E-state index in [1.165, 1.54) is 30.3 Å². The van der Waals surface area contributed by atoms with Crippen LogP contribution in [0.3, 0.4) is 0 Å². The number of aliphatic hydroxyl groups excluding tert-OH is 1. The van der Waals surface area contributed by atoms with Gasteiger partial charge < -0.3 is 15.2 Å². The highest BCUT2D eigenvalue weighted by Gasteiger charge is 2.19. The third kappa shape index (κ3) is 11.6. The Morgan fingerprint density at radius 1 is 1.06 bits per heavy atom. The lowest BCUT2D eigenvalue weighted by Gasteiger charge is -2.22. The highest BCUT2D eigenvalue weighted by atomic mass is 35.5. The number of halogens is 5. The van der Waals surface area contributed by atoms with E-state index >= 15 is 0 Å². The molecule has 5 nitrogen and oxygen atoms in total. The lowest BCUT2D eigenvalue weighted by atomic mass is 10.0. The fourth-order valence-electron chi connectivity index (χ4n) is 2.80. The Kier molecular flexibility index (Phi) is 14.2. The summed E-state index contributed by atoms with van der Waals surface area (Å²) < 4.78 is 56.3. The molecule has 2 rings (SSSR count). The molecule has 2 aromatic rings. The second kappa shape index (κ2) is 15.4. The molecule has 10 heteroatoms. The van der Waals surface area contributed by atoms with E-state index in [9.17, 15) is 22.4 Å². The van der Waals surface area contributed by atoms with Crippen LogP contribution in [0.5, 0.6) is 0 Å². The lowest BCUT2D eigenvalue weighted by molar-refractivity contribution is 0.0514. The summed E-state index contributed by atoms with van der Waals surface area (Å²) in [5, 5.41) is 11.4. The van der Waals surface area contributed by atoms with Crippen LogP contribution in [0.15, 0.2) is 49.1 Å². The van der Waals surface area contributed by atoms with Gasteiger partial charge in [-0.15, -0.1) is 6.58 Å². The summed E-state index contributed by atoms with van der Waals surface area (Å²) in [5.41, 5.74) is 0.638. The van der Waals surface area contributed by atoms with Crippen molar-refractivity contribution in [1.82, 2.24) is 10.2 Å². The minimum atomic E-state index is -0.777. The predicted octanol–water partition coefficient (Wildman–Crippen LogP) is 6.76. The number of aliphatic hydroxyl groups is 1. The van der Waals surface area contributed by atoms with Crippen molar-refractivity contribution in [3.63, 3.8) is 0 Å². The first kappa shape index (κ1) is 32.4. The third-order valence-electron chi connectivity index (χ3n) is 4.25. The van der Waals surface area contributed by atoms with Crippen LogP contribution in [-0.2, 0) is 18.1 Å². The first-order chi connectivity index (χ1) is 16.0. The fourth-order valence-corrected chi connectivity index (χ4v) is 3.00. The Labute approximate surface area is 209 Å². The topological polar surface area (TPSA) is 70.6 Å². The zero-order valence-electron chi connectivity index (χ0n) is 19.2. The van der Waals surface area contributed by atoms with Gasteiger partial charge in [0.2, 0.25) is 0 Å². The minimum Gasteiger partial charge on any atom is -0.444 e. The number of amides is 1. The molecule has 0 aliphatic rings. The lowest BCUT2D eigenvalue weighted by Crippen LogP contribution is -2.34. The summed E-state index contributed by atoms with van der Waals surface area (Å²) in [6, 6.07) is 6.34. The van der Waals surface area contributed by atoms with Gasteiger partial charge in [-0.1, -0.05) is 25.6 Å². The maximum atomic E-state index is 13.4. The van der Waals surface area contributed by atoms with Crippen molar-refractivity contribution in [2.45, 2.75) is 59.2 Å². The molecule has 0 saturated heterocycles. The molecule has 0 spiro atoms. The van der Waals surface area contributed by atoms with Gasteiger partial charge in [0.1, 0.15) is 30.6 Å². The molecule has 0 fully saturated rings. The van der Waals surface area contributed by atoms with Crippen LogP contribution in [0.25, 0.3) is 0 Å². The van der Waals surface area contributed by atoms with E-state index in [2.05, 4.69) is 16.7 Å². The molecule has 0 bridgehead atoms. The summed E-state index contributed by atoms with van der Waals surface area (Å²) in [7, 11) is 0. The molecule has 3 N–H and O–H groups in total. The molecule has 0 aromatic heterocycles. The van der Waals surface area contributed by atoms with Gasteiger partial charge in [-0.3, -0.25) is 0 Å². The van der Waals surface area contributed by atoms with Crippen LogP contribution >= 0.6 is 11.8 Å². The highest BCUT2D eigenvalue weighted by molar-refractivity contribution is 6.13. The standard InChI is InChI=1S/C15H19F2NO2.C9H10ClF2NO.CH4/c1-5-13(18-14(19)20-15(2,3)4)11-6-10(9-16)7-12(17)8-11;10-13-9(5-14)7-1-6(4-11)2-8(12)3-7;/h5-8,13H,1,9H2,2-4H3,(H,18,19);1-3,9,13-14H,4-5H2;1H4/t13-;9-;/m11./s1. The molecule has 0 radical (unpaired) electrons. The average Bonchev–Trinajstić information content (AvgIpc) is 2.76. The summed E-state index contributed by atoms with van der Waals surface area (Å²) in [4.78, 5) is 14.0. The summed E-state index contributed by atoms with van der Waals surface area (Å²) in [6.45, 7) is 6.99. The van der Waals surface area contributed by atoms with Crippen LogP contribution in [-0.4, -0.2) is 23.4 Å². The summed E-state index contributed by atoms with van der Waals surface area (Å²) in [6.07, 6.45) is 0.786. The molecular weight excluding hydrogens is 488 g/mol. The van der Waals surface area contributed by atoms with E-state index in [4.69, 9.17) is 21.6 Å². The number of rotatable bonds is 8. The summed E-state index contributed by atoms with van der Waals surface area (Å²) in [5.74, 6) is -1.10. The van der Waals surface area contributed by atoms with Crippen LogP contribution in [0.1, 0.15) is 62.5 Å². The van der Waals surface area contributed by atoms with Crippen molar-refractivity contribution < 1.29 is 32.2 Å². The first-order valence-corrected chi connectivity index (χ1v) is 10.6. The van der Waals surface area contributed by atoms with Crippen molar-refractivity contribution in [2.24, 2.45) is 0 Å². The quantitative estimate of drug-likeness (QED) is 0.204. The van der Waals surface area contributed by atoms with Crippen LogP contribution in [0.4, 0.5) is 22.4 Å². The average molecular weight is 521 g/mol. The van der Waals surface area contributed by atoms with Gasteiger partial charge >= 0.3 is 6.09 Å². The van der Waals surface area contributed by atoms with Gasteiger partial charge in [-0.05, 0) is 79.1 Å². The number of nitrogens with one attached hydrogen (secondary N) is 2. The molecular formula is C25H33ClF4N2O3. The van der Waals surface area contributed by atoms with Gasteiger partial charge in [0, 0.05) is 0 Å². The van der Waals surface area contributed by atoms with Gasteiger partial charge in [0.05, 0.1) is 18.7 Å². The van der Waals surface area contributed by atoms with Crippen LogP contribution < -0.4 is 10.2 Å². The number of carbonyl (C=O) groups excluding carboxylic acids is 1. The van der Waals surface area contributed by atoms with Crippen molar-refractivity contribution in [2.75, 3.05) is 6.61 Å². The maximum absolute atomic E-state index is 13.4. The second-order valence-electron chi connectivity index (χ2n) is 8.26. The number of ether oxygens (including phenoxy) is 1. The van der Waals surface area contributed by atoms with Gasteiger partial charge in [0.25, 0.3) is 0 Å². The zero-order valence-corrected chi connectivity index (χ0v) is 19.9. The van der Waals surface area contributed by atoms with Crippen molar-refractivity contribution in [3.05, 3.63) is 82.9 Å². The Balaban J connectivity index is 0.000000680. The van der Waals surface area contributed by atoms with E-state index < -0.39 is 48.8 Å². The SMILES string of the molecule is C.C=C[C@@H](NC(=O)OC(C)(C)C)c1cc(F)cc(CF)c1.OC[C@@H](NCl)c1cc(F)cc(CF)c1. The Bertz CT molecular complexity index is 951. The molecule has 0 unspecified atom stereocenters. The van der Waals surface area contributed by atoms with Crippen LogP contribution in [0.2, 0.25) is 0 Å². The van der Waals surface area contributed by atoms with Crippen LogP contribution in [0, 0.1) is 11.6 Å². The van der Waals surface area contributed by atoms with Gasteiger partial charge in [-0.2, -0.15) is 0 Å². The smallest absolute Gasteiger partial charge is 0.408 e. The molecule has 35 heavy (non-hydrogen) atoms. The van der Waals surface area contributed by atoms with E-state index in [1.54, 1.807) is 20.8 Å². The van der Waals surface area contributed by atoms with E-state index in [0.29, 0.717) is 11.1 Å². The number of carbonyl (C=O) groups is 1. The monoisotopic (exact) mass is 520 g/mol. The number of benzene rings is 2. The highest BCUT2D eigenvalue weighted by Crippen LogP contribution is 2.20. The van der Waals surface area contributed by atoms with Crippen molar-refractivity contribution in [1.29, 1.82) is 0 Å². The molecule has 0 aliphatic heterocycles. The number of alkyl carbamates (subject to hydrolysis) is 1. The molecule has 0 heterocycles. The number of alkyl halides is 2. The molecule has 0 aliphatic carbocycles. The molecule has 2 atom stereocenters. The molecule has 2 aromatic carbocycles. The van der Waals surface area contributed by atoms with E-state index in [1.807, 2.05) is 0 Å². The normalized spacial score (nSPS) is 12.4. The third-order valence-corrected chi connectivity index (χ3v) is 4.52. The summed E-state index contributed by atoms with van der Waals surface area (Å²) >= 11 is 5.32. The first-order valence-electron chi connectivity index (χ1n) is 10.3. The van der Waals surface area contributed by atoms with Gasteiger partial charge in [0.15, 0.2) is 0 Å². The Morgan fingerprint density at radius 3 is 1.94 bits per heavy atom. The van der Waals surface area contributed by atoms with Crippen molar-refractivity contribution >= 4 is 17.9 Å². The largest absolute Gasteiger partial charge is 0.444 e. The Morgan fingerprint density at radius 2 is 1.54 bits per heavy atom. The minimum absolute atomic E-state index is 0. The predicted molar refractivity (Wildman–Crippen MR) is 130 cm³/mol. The van der Waals surface area contributed by atoms with Crippen molar-refractivity contribution in [3.8, 4) is 0 Å². The maximum Gasteiger partial charge on any atom is 0.408 e. The molecule has 1 amide bonds. The number of hydrogen-bond donors (Lipinski definition) is 3. The Hall–Kier alpha value is -2.62. The van der Waals surface area contributed by atoms with E-state index in [0.717, 1.165) is 12.1 Å². The zero-order chi connectivity index (χ0) is 25.9. The van der Waals surface area contributed by atoms with E-state index in [-0.39, 0.29) is 25.2 Å². The fraction of sp³-hybridized carbons (Fsp3) is 0.400. The second-order valence-corrected chi connectivity index (χ2v) is 8.47. The van der Waals surface area contributed by atoms with Gasteiger partial charge in [-0.25, -0.2) is 27.2 Å². The number of hydrogen-bond acceptors (Lipinski definition) is 4.